The van der Waals surface area contributed by atoms with Crippen molar-refractivity contribution in [1.29, 1.82) is 5.26 Å². The van der Waals surface area contributed by atoms with E-state index in [-0.39, 0.29) is 0 Å². The maximum Gasteiger partial charge on any atom is 0.145 e. The van der Waals surface area contributed by atoms with Gasteiger partial charge >= 0.3 is 0 Å². The molecule has 8 aromatic carbocycles. The van der Waals surface area contributed by atoms with Crippen molar-refractivity contribution in [3.8, 4) is 51.1 Å². The lowest BCUT2D eigenvalue weighted by Crippen LogP contribution is -1.98. The van der Waals surface area contributed by atoms with Gasteiger partial charge < -0.3 is 4.57 Å². The molecular weight excluding hydrogens is 609 g/mol. The average Bonchev–Trinajstić information content (AvgIpc) is 3.75. The average molecular weight is 637 g/mol. The van der Waals surface area contributed by atoms with E-state index in [0.29, 0.717) is 5.56 Å². The first-order valence-corrected chi connectivity index (χ1v) is 16.8. The zero-order valence-electron chi connectivity index (χ0n) is 27.0. The zero-order chi connectivity index (χ0) is 33.2. The fraction of sp³-hybridized carbons (Fsp3) is 0. The van der Waals surface area contributed by atoms with Crippen molar-refractivity contribution in [3.05, 3.63) is 175 Å². The van der Waals surface area contributed by atoms with Crippen LogP contribution in [0.2, 0.25) is 0 Å². The summed E-state index contributed by atoms with van der Waals surface area (Å²) >= 11 is 0. The lowest BCUT2D eigenvalue weighted by atomic mass is 9.91. The predicted octanol–water partition coefficient (Wildman–Crippen LogP) is 11.6. The minimum Gasteiger partial charge on any atom is -0.309 e. The summed E-state index contributed by atoms with van der Waals surface area (Å²) < 4.78 is 4.61. The summed E-state index contributed by atoms with van der Waals surface area (Å²) in [6.07, 6.45) is 0. The minimum atomic E-state index is 0.631. The van der Waals surface area contributed by atoms with Gasteiger partial charge in [-0.1, -0.05) is 97.1 Å². The van der Waals surface area contributed by atoms with Crippen LogP contribution in [0.4, 0.5) is 0 Å². The van der Waals surface area contributed by atoms with Crippen LogP contribution in [0.5, 0.6) is 0 Å². The Bertz CT molecular complexity index is 2890. The third-order valence-corrected chi connectivity index (χ3v) is 9.96. The number of hydrogen-bond acceptors (Lipinski definition) is 2. The van der Waals surface area contributed by atoms with Crippen molar-refractivity contribution >= 4 is 43.6 Å². The zero-order valence-corrected chi connectivity index (χ0v) is 27.0. The molecule has 2 heterocycles. The van der Waals surface area contributed by atoms with Gasteiger partial charge in [0.25, 0.3) is 0 Å². The second-order valence-electron chi connectivity index (χ2n) is 12.7. The quantitative estimate of drug-likeness (QED) is 0.177. The molecule has 4 nitrogen and oxygen atoms in total. The van der Waals surface area contributed by atoms with Crippen molar-refractivity contribution in [2.75, 3.05) is 0 Å². The number of rotatable bonds is 5. The maximum atomic E-state index is 9.35. The molecule has 0 saturated carbocycles. The first kappa shape index (κ1) is 28.1. The molecule has 10 rings (SSSR count). The van der Waals surface area contributed by atoms with E-state index >= 15 is 0 Å². The van der Waals surface area contributed by atoms with E-state index in [1.165, 1.54) is 49.3 Å². The van der Waals surface area contributed by atoms with E-state index in [1.807, 2.05) is 42.5 Å². The molecule has 0 aliphatic carbocycles. The van der Waals surface area contributed by atoms with Crippen LogP contribution in [0.3, 0.4) is 0 Å². The highest BCUT2D eigenvalue weighted by Gasteiger charge is 2.21. The Kier molecular flexibility index (Phi) is 6.21. The molecule has 232 valence electrons. The van der Waals surface area contributed by atoms with E-state index in [9.17, 15) is 5.26 Å². The smallest absolute Gasteiger partial charge is 0.145 e. The first-order chi connectivity index (χ1) is 24.8. The third kappa shape index (κ3) is 4.21. The van der Waals surface area contributed by atoms with Gasteiger partial charge in [-0.3, -0.25) is 4.57 Å². The van der Waals surface area contributed by atoms with E-state index in [1.54, 1.807) is 0 Å². The summed E-state index contributed by atoms with van der Waals surface area (Å²) in [4.78, 5) is 5.02. The van der Waals surface area contributed by atoms with Crippen molar-refractivity contribution in [2.24, 2.45) is 0 Å². The van der Waals surface area contributed by atoms with Crippen LogP contribution in [0.15, 0.2) is 170 Å². The number of nitriles is 1. The van der Waals surface area contributed by atoms with E-state index in [4.69, 9.17) is 4.98 Å². The lowest BCUT2D eigenvalue weighted by Gasteiger charge is -2.13. The van der Waals surface area contributed by atoms with Crippen molar-refractivity contribution in [2.45, 2.75) is 0 Å². The van der Waals surface area contributed by atoms with Gasteiger partial charge in [0.15, 0.2) is 0 Å². The summed E-state index contributed by atoms with van der Waals surface area (Å²) in [5.41, 5.74) is 13.0. The highest BCUT2D eigenvalue weighted by molar-refractivity contribution is 6.28. The van der Waals surface area contributed by atoms with Gasteiger partial charge in [-0.15, -0.1) is 0 Å². The summed E-state index contributed by atoms with van der Waals surface area (Å²) in [5.74, 6) is 0.846. The fourth-order valence-corrected chi connectivity index (χ4v) is 7.70. The number of imidazole rings is 1. The van der Waals surface area contributed by atoms with Crippen LogP contribution in [0, 0.1) is 11.3 Å². The molecule has 2 aromatic heterocycles. The second-order valence-corrected chi connectivity index (χ2v) is 12.7. The molecule has 10 aromatic rings. The molecule has 0 unspecified atom stereocenters. The van der Waals surface area contributed by atoms with Gasteiger partial charge in [-0.25, -0.2) is 4.98 Å². The largest absolute Gasteiger partial charge is 0.309 e. The topological polar surface area (TPSA) is 46.5 Å². The molecule has 0 bridgehead atoms. The molecule has 0 fully saturated rings. The van der Waals surface area contributed by atoms with Gasteiger partial charge in [0, 0.05) is 27.7 Å². The van der Waals surface area contributed by atoms with Crippen LogP contribution in [0.1, 0.15) is 5.56 Å². The summed E-state index contributed by atoms with van der Waals surface area (Å²) in [6.45, 7) is 0. The van der Waals surface area contributed by atoms with Crippen molar-refractivity contribution in [3.63, 3.8) is 0 Å². The van der Waals surface area contributed by atoms with Crippen LogP contribution in [0.25, 0.3) is 88.6 Å². The number of fused-ring (bicyclic) bond motifs is 1. The standard InChI is InChI=1S/C46H28N4/c47-29-30-15-17-33(18-16-30)46-48-40-13-7-8-14-41(40)50(46)35-21-19-32(20-22-35)37-26-28-43-45-39(37)24-23-38-36(31-9-3-1-4-10-31)25-27-42(44(38)45)49(43)34-11-5-2-6-12-34/h1-28H. The first-order valence-electron chi connectivity index (χ1n) is 16.8. The normalized spacial score (nSPS) is 11.6. The molecule has 4 heteroatoms. The van der Waals surface area contributed by atoms with Crippen LogP contribution < -0.4 is 0 Å². The van der Waals surface area contributed by atoms with E-state index in [0.717, 1.165) is 39.4 Å². The van der Waals surface area contributed by atoms with Gasteiger partial charge in [-0.05, 0) is 106 Å². The van der Waals surface area contributed by atoms with Gasteiger partial charge in [-0.2, -0.15) is 5.26 Å². The van der Waals surface area contributed by atoms with Gasteiger partial charge in [0.05, 0.1) is 33.7 Å². The Labute approximate surface area is 288 Å². The molecular formula is C46H28N4. The highest BCUT2D eigenvalue weighted by atomic mass is 15.1. The van der Waals surface area contributed by atoms with Crippen LogP contribution >= 0.6 is 0 Å². The SMILES string of the molecule is N#Cc1ccc(-c2nc3ccccc3n2-c2ccc(-c3ccc4c5c3ccc3c(-c6ccccc6)ccc(c35)n4-c3ccccc3)cc2)cc1. The molecule has 0 atom stereocenters. The minimum absolute atomic E-state index is 0.631. The Hall–Kier alpha value is -6.96. The molecule has 0 saturated heterocycles. The van der Waals surface area contributed by atoms with Gasteiger partial charge in [0.1, 0.15) is 5.82 Å². The van der Waals surface area contributed by atoms with Crippen molar-refractivity contribution < 1.29 is 0 Å². The Morgan fingerprint density at radius 1 is 0.420 bits per heavy atom. The number of benzene rings is 8. The highest BCUT2D eigenvalue weighted by Crippen LogP contribution is 2.45. The maximum absolute atomic E-state index is 9.35. The fourth-order valence-electron chi connectivity index (χ4n) is 7.70. The summed E-state index contributed by atoms with van der Waals surface area (Å²) in [5, 5.41) is 14.4. The summed E-state index contributed by atoms with van der Waals surface area (Å²) in [7, 11) is 0. The van der Waals surface area contributed by atoms with Crippen LogP contribution in [-0.2, 0) is 0 Å². The predicted molar refractivity (Wildman–Crippen MR) is 205 cm³/mol. The van der Waals surface area contributed by atoms with Crippen LogP contribution in [-0.4, -0.2) is 14.1 Å². The van der Waals surface area contributed by atoms with Crippen molar-refractivity contribution in [1.82, 2.24) is 14.1 Å². The molecule has 0 spiro atoms. The number of para-hydroxylation sites is 3. The Morgan fingerprint density at radius 3 is 1.60 bits per heavy atom. The third-order valence-electron chi connectivity index (χ3n) is 9.96. The monoisotopic (exact) mass is 636 g/mol. The number of aromatic nitrogens is 3. The number of nitrogens with zero attached hydrogens (tertiary/aromatic N) is 4. The molecule has 0 aliphatic heterocycles. The van der Waals surface area contributed by atoms with E-state index < -0.39 is 0 Å². The Balaban J connectivity index is 1.16. The second kappa shape index (κ2) is 11.1. The van der Waals surface area contributed by atoms with Gasteiger partial charge in [0.2, 0.25) is 0 Å². The molecule has 0 amide bonds. The Morgan fingerprint density at radius 2 is 0.960 bits per heavy atom. The van der Waals surface area contributed by atoms with E-state index in [2.05, 4.69) is 143 Å². The molecule has 0 aliphatic rings. The molecule has 50 heavy (non-hydrogen) atoms. The summed E-state index contributed by atoms with van der Waals surface area (Å²) in [6, 6.07) is 62.0. The lowest BCUT2D eigenvalue weighted by molar-refractivity contribution is 1.10. The molecule has 0 N–H and O–H groups in total. The molecule has 0 radical (unpaired) electrons. The number of hydrogen-bond donors (Lipinski definition) is 0.